The first-order valence-corrected chi connectivity index (χ1v) is 6.90. The van der Waals surface area contributed by atoms with Gasteiger partial charge < -0.3 is 14.8 Å². The molecule has 4 nitrogen and oxygen atoms in total. The number of rotatable bonds is 8. The molecule has 0 amide bonds. The van der Waals surface area contributed by atoms with Crippen molar-refractivity contribution in [1.82, 2.24) is 19.8 Å². The molecule has 1 N–H and O–H groups in total. The van der Waals surface area contributed by atoms with Gasteiger partial charge >= 0.3 is 0 Å². The van der Waals surface area contributed by atoms with Crippen molar-refractivity contribution in [3.05, 3.63) is 18.2 Å². The maximum absolute atomic E-state index is 4.47. The third kappa shape index (κ3) is 5.19. The van der Waals surface area contributed by atoms with Crippen LogP contribution in [0.1, 0.15) is 38.9 Å². The Bertz CT molecular complexity index is 320. The van der Waals surface area contributed by atoms with Gasteiger partial charge in [0, 0.05) is 25.3 Å². The van der Waals surface area contributed by atoms with E-state index in [2.05, 4.69) is 60.8 Å². The predicted octanol–water partition coefficient (Wildman–Crippen LogP) is 2.14. The van der Waals surface area contributed by atoms with Gasteiger partial charge in [-0.3, -0.25) is 0 Å². The molecular weight excluding hydrogens is 224 g/mol. The van der Waals surface area contributed by atoms with Crippen molar-refractivity contribution in [1.29, 1.82) is 0 Å². The molecule has 104 valence electrons. The van der Waals surface area contributed by atoms with Crippen molar-refractivity contribution in [2.75, 3.05) is 27.2 Å². The van der Waals surface area contributed by atoms with Gasteiger partial charge in [-0.15, -0.1) is 0 Å². The molecule has 1 atom stereocenters. The van der Waals surface area contributed by atoms with Crippen molar-refractivity contribution in [2.24, 2.45) is 5.92 Å². The predicted molar refractivity (Wildman–Crippen MR) is 76.7 cm³/mol. The normalized spacial score (nSPS) is 13.5. The molecule has 0 aliphatic heterocycles. The Labute approximate surface area is 111 Å². The van der Waals surface area contributed by atoms with E-state index in [1.807, 2.05) is 6.33 Å². The second kappa shape index (κ2) is 7.54. The number of imidazole rings is 1. The fourth-order valence-corrected chi connectivity index (χ4v) is 2.18. The molecule has 0 saturated carbocycles. The molecule has 1 unspecified atom stereocenters. The summed E-state index contributed by atoms with van der Waals surface area (Å²) < 4.78 is 2.27. The highest BCUT2D eigenvalue weighted by Gasteiger charge is 2.14. The number of nitrogens with one attached hydrogen (secondary N) is 1. The van der Waals surface area contributed by atoms with Gasteiger partial charge in [0.05, 0.1) is 12.0 Å². The van der Waals surface area contributed by atoms with E-state index in [1.165, 1.54) is 6.42 Å². The van der Waals surface area contributed by atoms with Crippen molar-refractivity contribution < 1.29 is 0 Å². The average molecular weight is 252 g/mol. The van der Waals surface area contributed by atoms with E-state index in [0.717, 1.165) is 25.3 Å². The first-order valence-electron chi connectivity index (χ1n) is 6.90. The Kier molecular flexibility index (Phi) is 6.36. The van der Waals surface area contributed by atoms with E-state index in [0.29, 0.717) is 12.0 Å². The van der Waals surface area contributed by atoms with Crippen molar-refractivity contribution >= 4 is 0 Å². The van der Waals surface area contributed by atoms with E-state index in [-0.39, 0.29) is 0 Å². The highest BCUT2D eigenvalue weighted by Crippen LogP contribution is 2.18. The number of hydrogen-bond donors (Lipinski definition) is 1. The molecule has 1 aromatic heterocycles. The Hall–Kier alpha value is -0.870. The summed E-state index contributed by atoms with van der Waals surface area (Å²) in [5.41, 5.74) is 1.13. The number of nitrogens with zero attached hydrogens (tertiary/aromatic N) is 3. The molecule has 1 aromatic rings. The van der Waals surface area contributed by atoms with Crippen LogP contribution in [0.4, 0.5) is 0 Å². The van der Waals surface area contributed by atoms with Crippen LogP contribution in [0.5, 0.6) is 0 Å². The van der Waals surface area contributed by atoms with E-state index >= 15 is 0 Å². The molecular formula is C14H28N4. The lowest BCUT2D eigenvalue weighted by molar-refractivity contribution is 0.288. The second-order valence-corrected chi connectivity index (χ2v) is 5.64. The number of hydrogen-bond acceptors (Lipinski definition) is 3. The summed E-state index contributed by atoms with van der Waals surface area (Å²) in [6.07, 6.45) is 5.34. The maximum Gasteiger partial charge on any atom is 0.0953 e. The Balaban J connectivity index is 2.68. The van der Waals surface area contributed by atoms with Crippen molar-refractivity contribution in [2.45, 2.75) is 39.8 Å². The average Bonchev–Trinajstić information content (AvgIpc) is 2.72. The van der Waals surface area contributed by atoms with Crippen LogP contribution in [0.2, 0.25) is 0 Å². The maximum atomic E-state index is 4.47. The van der Waals surface area contributed by atoms with Crippen LogP contribution in [0.25, 0.3) is 0 Å². The number of aromatic nitrogens is 2. The quantitative estimate of drug-likeness (QED) is 0.769. The summed E-state index contributed by atoms with van der Waals surface area (Å²) in [7, 11) is 4.26. The summed E-state index contributed by atoms with van der Waals surface area (Å²) in [4.78, 5) is 6.72. The zero-order valence-electron chi connectivity index (χ0n) is 12.5. The van der Waals surface area contributed by atoms with Crippen LogP contribution in [0.3, 0.4) is 0 Å². The largest absolute Gasteiger partial charge is 0.333 e. The Morgan fingerprint density at radius 1 is 1.39 bits per heavy atom. The van der Waals surface area contributed by atoms with Crippen molar-refractivity contribution in [3.63, 3.8) is 0 Å². The highest BCUT2D eigenvalue weighted by molar-refractivity contribution is 4.98. The lowest BCUT2D eigenvalue weighted by Gasteiger charge is -2.23. The summed E-state index contributed by atoms with van der Waals surface area (Å²) in [6, 6.07) is 0.517. The Morgan fingerprint density at radius 3 is 2.67 bits per heavy atom. The Morgan fingerprint density at radius 2 is 2.11 bits per heavy atom. The second-order valence-electron chi connectivity index (χ2n) is 5.64. The van der Waals surface area contributed by atoms with E-state index in [4.69, 9.17) is 0 Å². The molecule has 0 spiro atoms. The SMILES string of the molecule is CCNCc1cn(C(CC(C)C)CN(C)C)cn1. The van der Waals surface area contributed by atoms with Crippen LogP contribution >= 0.6 is 0 Å². The van der Waals surface area contributed by atoms with Gasteiger partial charge in [0.2, 0.25) is 0 Å². The molecule has 0 aliphatic rings. The van der Waals surface area contributed by atoms with Gasteiger partial charge in [0.1, 0.15) is 0 Å². The van der Waals surface area contributed by atoms with Gasteiger partial charge in [0.15, 0.2) is 0 Å². The van der Waals surface area contributed by atoms with Gasteiger partial charge in [-0.2, -0.15) is 0 Å². The fraction of sp³-hybridized carbons (Fsp3) is 0.786. The van der Waals surface area contributed by atoms with E-state index in [9.17, 15) is 0 Å². The lowest BCUT2D eigenvalue weighted by atomic mass is 10.0. The standard InChI is InChI=1S/C14H28N4/c1-6-15-8-13-9-18(11-16-13)14(7-12(2)3)10-17(4)5/h9,11-12,14-15H,6-8,10H2,1-5H3. The third-order valence-corrected chi connectivity index (χ3v) is 2.95. The lowest BCUT2D eigenvalue weighted by Crippen LogP contribution is -2.25. The van der Waals surface area contributed by atoms with Crippen LogP contribution in [-0.4, -0.2) is 41.6 Å². The minimum atomic E-state index is 0.517. The summed E-state index contributed by atoms with van der Waals surface area (Å²) in [5.74, 6) is 0.703. The molecule has 1 rings (SSSR count). The molecule has 4 heteroatoms. The molecule has 0 aromatic carbocycles. The monoisotopic (exact) mass is 252 g/mol. The summed E-state index contributed by atoms with van der Waals surface area (Å²) in [6.45, 7) is 9.58. The van der Waals surface area contributed by atoms with Gasteiger partial charge in [-0.05, 0) is 33.0 Å². The first kappa shape index (κ1) is 15.2. The summed E-state index contributed by atoms with van der Waals surface area (Å²) >= 11 is 0. The third-order valence-electron chi connectivity index (χ3n) is 2.95. The van der Waals surface area contributed by atoms with E-state index in [1.54, 1.807) is 0 Å². The molecule has 0 fully saturated rings. The van der Waals surface area contributed by atoms with Crippen LogP contribution in [-0.2, 0) is 6.54 Å². The molecule has 0 bridgehead atoms. The molecule has 0 saturated heterocycles. The van der Waals surface area contributed by atoms with Crippen LogP contribution in [0.15, 0.2) is 12.5 Å². The smallest absolute Gasteiger partial charge is 0.0953 e. The van der Waals surface area contributed by atoms with Gasteiger partial charge in [0.25, 0.3) is 0 Å². The van der Waals surface area contributed by atoms with Crippen LogP contribution < -0.4 is 5.32 Å². The van der Waals surface area contributed by atoms with Gasteiger partial charge in [-0.1, -0.05) is 20.8 Å². The minimum absolute atomic E-state index is 0.517. The van der Waals surface area contributed by atoms with Crippen molar-refractivity contribution in [3.8, 4) is 0 Å². The minimum Gasteiger partial charge on any atom is -0.333 e. The summed E-state index contributed by atoms with van der Waals surface area (Å²) in [5, 5.41) is 3.31. The fourth-order valence-electron chi connectivity index (χ4n) is 2.18. The molecule has 0 aliphatic carbocycles. The van der Waals surface area contributed by atoms with Crippen LogP contribution in [0, 0.1) is 5.92 Å². The molecule has 1 heterocycles. The molecule has 0 radical (unpaired) electrons. The van der Waals surface area contributed by atoms with Gasteiger partial charge in [-0.25, -0.2) is 4.98 Å². The van der Waals surface area contributed by atoms with E-state index < -0.39 is 0 Å². The first-order chi connectivity index (χ1) is 8.52. The highest BCUT2D eigenvalue weighted by atomic mass is 15.1. The zero-order valence-corrected chi connectivity index (χ0v) is 12.5. The zero-order chi connectivity index (χ0) is 13.5. The topological polar surface area (TPSA) is 33.1 Å². The number of likely N-dealkylation sites (N-methyl/N-ethyl adjacent to an activating group) is 1. The molecule has 18 heavy (non-hydrogen) atoms.